The molecule has 0 aromatic heterocycles. The number of carbonyl (C=O) groups is 2. The molecule has 0 rings (SSSR count). The maximum atomic E-state index is 11.5. The summed E-state index contributed by atoms with van der Waals surface area (Å²) in [5.41, 5.74) is 0. The van der Waals surface area contributed by atoms with Gasteiger partial charge in [-0.15, -0.1) is 0 Å². The summed E-state index contributed by atoms with van der Waals surface area (Å²) in [6, 6.07) is 0. The van der Waals surface area contributed by atoms with E-state index in [-0.39, 0.29) is 6.61 Å². The molecular weight excluding hydrogens is 239 g/mol. The number of hydrogen-bond donors (Lipinski definition) is 1. The average Bonchev–Trinajstić information content (AvgIpc) is 2.18. The maximum Gasteiger partial charge on any atom is 0.450 e. The van der Waals surface area contributed by atoms with E-state index in [4.69, 9.17) is 0 Å². The number of ketones is 1. The summed E-state index contributed by atoms with van der Waals surface area (Å²) in [4.78, 5) is 20.5. The second-order valence-electron chi connectivity index (χ2n) is 2.86. The zero-order chi connectivity index (χ0) is 13.9. The number of nitrogens with one attached hydrogen (secondary N) is 1. The van der Waals surface area contributed by atoms with Crippen molar-refractivity contribution in [1.29, 1.82) is 0 Å². The maximum absolute atomic E-state index is 11.5. The van der Waals surface area contributed by atoms with E-state index in [1.807, 2.05) is 0 Å². The highest BCUT2D eigenvalue weighted by molar-refractivity contribution is 5.98. The summed E-state index contributed by atoms with van der Waals surface area (Å²) < 4.78 is 38.6. The van der Waals surface area contributed by atoms with Gasteiger partial charge in [0, 0.05) is 0 Å². The largest absolute Gasteiger partial charge is 0.466 e. The average molecular weight is 257 g/mol. The highest BCUT2D eigenvalue weighted by atomic mass is 19.4. The minimum absolute atomic E-state index is 0.0377. The van der Waals surface area contributed by atoms with E-state index in [0.29, 0.717) is 0 Å². The highest BCUT2D eigenvalue weighted by Gasteiger charge is 2.39. The number of Topliss-reactive ketones (excluding diaryl/α,β-unsaturated/α-hetero) is 1. The third-order valence-electron chi connectivity index (χ3n) is 1.43. The van der Waals surface area contributed by atoms with Gasteiger partial charge in [-0.3, -0.25) is 9.59 Å². The van der Waals surface area contributed by atoms with Gasteiger partial charge in [-0.05, 0) is 20.0 Å². The normalized spacial score (nSPS) is 10.2. The molecule has 0 unspecified atom stereocenters. The van der Waals surface area contributed by atoms with Crippen LogP contribution in [0.25, 0.3) is 0 Å². The number of esters is 1. The second kappa shape index (κ2) is 10.1. The van der Waals surface area contributed by atoms with Crippen molar-refractivity contribution in [2.45, 2.75) is 33.4 Å². The van der Waals surface area contributed by atoms with Gasteiger partial charge in [0.05, 0.1) is 6.61 Å². The minimum atomic E-state index is -4.95. The van der Waals surface area contributed by atoms with Crippen molar-refractivity contribution in [3.05, 3.63) is 0 Å². The first-order valence-corrected chi connectivity index (χ1v) is 5.25. The predicted molar refractivity (Wildman–Crippen MR) is 56.5 cm³/mol. The molecule has 0 spiro atoms. The summed E-state index contributed by atoms with van der Waals surface area (Å²) in [5, 5.41) is 3.11. The lowest BCUT2D eigenvalue weighted by Crippen LogP contribution is -2.26. The summed E-state index contributed by atoms with van der Waals surface area (Å²) in [5.74, 6) is -3.24. The lowest BCUT2D eigenvalue weighted by atomic mass is 10.3. The number of ether oxygens (including phenoxy) is 1. The Morgan fingerprint density at radius 2 is 1.59 bits per heavy atom. The molecule has 0 bridgehead atoms. The van der Waals surface area contributed by atoms with E-state index in [1.165, 1.54) is 6.92 Å². The van der Waals surface area contributed by atoms with E-state index >= 15 is 0 Å². The fraction of sp³-hybridized carbons (Fsp3) is 0.800. The third-order valence-corrected chi connectivity index (χ3v) is 1.43. The van der Waals surface area contributed by atoms with Gasteiger partial charge in [-0.1, -0.05) is 13.8 Å². The quantitative estimate of drug-likeness (QED) is 0.601. The Balaban J connectivity index is 0. The monoisotopic (exact) mass is 257 g/mol. The molecule has 0 aliphatic carbocycles. The molecule has 1 N–H and O–H groups in total. The Kier molecular flexibility index (Phi) is 10.8. The molecule has 0 aromatic carbocycles. The summed E-state index contributed by atoms with van der Waals surface area (Å²) >= 11 is 0. The number of alkyl halides is 3. The third kappa shape index (κ3) is 12.8. The lowest BCUT2D eigenvalue weighted by Gasteiger charge is -2.03. The van der Waals surface area contributed by atoms with Crippen LogP contribution in [0, 0.1) is 0 Å². The number of rotatable bonds is 5. The molecule has 0 fully saturated rings. The van der Waals surface area contributed by atoms with E-state index < -0.39 is 24.3 Å². The summed E-state index contributed by atoms with van der Waals surface area (Å²) in [7, 11) is 0. The van der Waals surface area contributed by atoms with Crippen LogP contribution >= 0.6 is 0 Å². The van der Waals surface area contributed by atoms with Crippen LogP contribution in [-0.2, 0) is 14.3 Å². The van der Waals surface area contributed by atoms with Crippen molar-refractivity contribution >= 4 is 11.8 Å². The summed E-state index contributed by atoms with van der Waals surface area (Å²) in [6.07, 6.45) is -6.19. The highest BCUT2D eigenvalue weighted by Crippen LogP contribution is 2.17. The van der Waals surface area contributed by atoms with Gasteiger partial charge in [-0.25, -0.2) is 0 Å². The fourth-order valence-electron chi connectivity index (χ4n) is 0.693. The first kappa shape index (κ1) is 18.3. The van der Waals surface area contributed by atoms with Gasteiger partial charge in [0.2, 0.25) is 5.78 Å². The van der Waals surface area contributed by atoms with E-state index in [1.54, 1.807) is 0 Å². The summed E-state index contributed by atoms with van der Waals surface area (Å²) in [6.45, 7) is 7.79. The molecule has 0 aromatic rings. The van der Waals surface area contributed by atoms with Crippen LogP contribution in [0.15, 0.2) is 0 Å². The first-order chi connectivity index (χ1) is 7.79. The molecular formula is C10H18F3NO3. The van der Waals surface area contributed by atoms with Crippen molar-refractivity contribution < 1.29 is 27.5 Å². The Bertz CT molecular complexity index is 227. The number of hydrogen-bond acceptors (Lipinski definition) is 4. The van der Waals surface area contributed by atoms with Gasteiger partial charge in [-0.2, -0.15) is 13.2 Å². The van der Waals surface area contributed by atoms with Crippen LogP contribution in [0.5, 0.6) is 0 Å². The number of halogens is 3. The molecule has 0 saturated carbocycles. The molecule has 0 aliphatic heterocycles. The zero-order valence-corrected chi connectivity index (χ0v) is 10.2. The Hall–Kier alpha value is -1.11. The second-order valence-corrected chi connectivity index (χ2v) is 2.86. The van der Waals surface area contributed by atoms with Crippen molar-refractivity contribution in [2.24, 2.45) is 0 Å². The molecule has 0 heterocycles. The van der Waals surface area contributed by atoms with E-state index in [0.717, 1.165) is 13.1 Å². The molecule has 0 radical (unpaired) electrons. The molecule has 0 amide bonds. The van der Waals surface area contributed by atoms with Crippen molar-refractivity contribution in [1.82, 2.24) is 5.32 Å². The smallest absolute Gasteiger partial charge is 0.450 e. The van der Waals surface area contributed by atoms with Crippen LogP contribution in [0.4, 0.5) is 13.2 Å². The Morgan fingerprint density at radius 3 is 1.82 bits per heavy atom. The first-order valence-electron chi connectivity index (χ1n) is 5.25. The Morgan fingerprint density at radius 1 is 1.12 bits per heavy atom. The standard InChI is InChI=1S/C6H7F3O3.C4H11N/c1-2-12-5(11)3-4(10)6(7,8)9;1-3-5-4-2/h2-3H2,1H3;5H,3-4H2,1-2H3. The molecule has 102 valence electrons. The van der Waals surface area contributed by atoms with E-state index in [2.05, 4.69) is 23.9 Å². The van der Waals surface area contributed by atoms with Crippen molar-refractivity contribution in [2.75, 3.05) is 19.7 Å². The molecule has 17 heavy (non-hydrogen) atoms. The van der Waals surface area contributed by atoms with Gasteiger partial charge in [0.25, 0.3) is 0 Å². The topological polar surface area (TPSA) is 55.4 Å². The molecule has 0 saturated heterocycles. The lowest BCUT2D eigenvalue weighted by molar-refractivity contribution is -0.174. The Labute approximate surface area is 98.5 Å². The molecule has 0 aliphatic rings. The van der Waals surface area contributed by atoms with Gasteiger partial charge >= 0.3 is 12.1 Å². The fourth-order valence-corrected chi connectivity index (χ4v) is 0.693. The molecule has 4 nitrogen and oxygen atoms in total. The van der Waals surface area contributed by atoms with Crippen LogP contribution in [0.3, 0.4) is 0 Å². The molecule has 0 atom stereocenters. The number of carbonyl (C=O) groups excluding carboxylic acids is 2. The van der Waals surface area contributed by atoms with Crippen LogP contribution in [0.1, 0.15) is 27.2 Å². The van der Waals surface area contributed by atoms with Crippen LogP contribution in [-0.4, -0.2) is 37.6 Å². The SMILES string of the molecule is CCNCC.CCOC(=O)CC(=O)C(F)(F)F. The zero-order valence-electron chi connectivity index (χ0n) is 10.2. The van der Waals surface area contributed by atoms with Gasteiger partial charge in [0.1, 0.15) is 6.42 Å². The van der Waals surface area contributed by atoms with Gasteiger partial charge < -0.3 is 10.1 Å². The van der Waals surface area contributed by atoms with E-state index in [9.17, 15) is 22.8 Å². The van der Waals surface area contributed by atoms with Crippen LogP contribution in [0.2, 0.25) is 0 Å². The van der Waals surface area contributed by atoms with Crippen molar-refractivity contribution in [3.8, 4) is 0 Å². The minimum Gasteiger partial charge on any atom is -0.466 e. The van der Waals surface area contributed by atoms with Gasteiger partial charge in [0.15, 0.2) is 0 Å². The molecule has 7 heteroatoms. The predicted octanol–water partition coefficient (Wildman–Crippen LogP) is 1.69. The van der Waals surface area contributed by atoms with Crippen LogP contribution < -0.4 is 5.32 Å². The van der Waals surface area contributed by atoms with Crippen molar-refractivity contribution in [3.63, 3.8) is 0 Å².